The van der Waals surface area contributed by atoms with Crippen molar-refractivity contribution in [2.75, 3.05) is 5.32 Å². The van der Waals surface area contributed by atoms with Crippen LogP contribution in [0.15, 0.2) is 35.0 Å². The summed E-state index contributed by atoms with van der Waals surface area (Å²) in [6, 6.07) is 5.56. The molecule has 1 amide bonds. The van der Waals surface area contributed by atoms with Crippen LogP contribution in [-0.4, -0.2) is 25.5 Å². The van der Waals surface area contributed by atoms with Crippen LogP contribution in [0.25, 0.3) is 5.65 Å². The molecular weight excluding hydrogens is 234 g/mol. The molecule has 0 saturated carbocycles. The Kier molecular flexibility index (Phi) is 2.30. The molecule has 0 aliphatic heterocycles. The van der Waals surface area contributed by atoms with Crippen LogP contribution in [-0.2, 0) is 0 Å². The molecule has 3 heterocycles. The number of nitrogens with zero attached hydrogens (tertiary/aromatic N) is 4. The van der Waals surface area contributed by atoms with Crippen molar-refractivity contribution >= 4 is 17.6 Å². The minimum atomic E-state index is -0.350. The van der Waals surface area contributed by atoms with Crippen molar-refractivity contribution in [1.82, 2.24) is 19.6 Å². The maximum atomic E-state index is 12.0. The van der Waals surface area contributed by atoms with E-state index in [-0.39, 0.29) is 11.9 Å². The van der Waals surface area contributed by atoms with Gasteiger partial charge in [0.1, 0.15) is 11.3 Å². The lowest BCUT2D eigenvalue weighted by atomic mass is 10.4. The van der Waals surface area contributed by atoms with Gasteiger partial charge in [-0.15, -0.1) is 5.10 Å². The largest absolute Gasteiger partial charge is 0.408 e. The highest BCUT2D eigenvalue weighted by molar-refractivity contribution is 6.02. The van der Waals surface area contributed by atoms with Gasteiger partial charge in [-0.2, -0.15) is 0 Å². The van der Waals surface area contributed by atoms with Crippen LogP contribution >= 0.6 is 0 Å². The van der Waals surface area contributed by atoms with Crippen LogP contribution in [0.2, 0.25) is 0 Å². The van der Waals surface area contributed by atoms with Crippen molar-refractivity contribution in [2.24, 2.45) is 0 Å². The lowest BCUT2D eigenvalue weighted by Crippen LogP contribution is -2.14. The zero-order valence-electron chi connectivity index (χ0n) is 9.49. The molecule has 90 valence electrons. The van der Waals surface area contributed by atoms with Crippen LogP contribution in [0.3, 0.4) is 0 Å². The number of amides is 1. The third-order valence-corrected chi connectivity index (χ3v) is 2.40. The van der Waals surface area contributed by atoms with Crippen LogP contribution in [0.4, 0.5) is 6.01 Å². The number of fused-ring (bicyclic) bond motifs is 1. The molecular formula is C11H9N5O2. The van der Waals surface area contributed by atoms with Crippen molar-refractivity contribution in [1.29, 1.82) is 0 Å². The first-order valence-electron chi connectivity index (χ1n) is 5.27. The summed E-state index contributed by atoms with van der Waals surface area (Å²) in [5.74, 6) is 0.0424. The lowest BCUT2D eigenvalue weighted by molar-refractivity contribution is 0.101. The van der Waals surface area contributed by atoms with Crippen molar-refractivity contribution in [3.05, 3.63) is 42.2 Å². The first-order chi connectivity index (χ1) is 8.74. The number of anilines is 1. The van der Waals surface area contributed by atoms with Gasteiger partial charge in [0.2, 0.25) is 5.89 Å². The average Bonchev–Trinajstić information content (AvgIpc) is 2.95. The summed E-state index contributed by atoms with van der Waals surface area (Å²) in [6.45, 7) is 1.65. The van der Waals surface area contributed by atoms with Crippen molar-refractivity contribution in [2.45, 2.75) is 6.92 Å². The van der Waals surface area contributed by atoms with E-state index in [4.69, 9.17) is 4.42 Å². The molecule has 0 bridgehead atoms. The number of imidazole rings is 1. The van der Waals surface area contributed by atoms with Gasteiger partial charge in [0.15, 0.2) is 0 Å². The van der Waals surface area contributed by atoms with Crippen LogP contribution < -0.4 is 5.32 Å². The molecule has 0 saturated heterocycles. The second-order valence-electron chi connectivity index (χ2n) is 3.65. The fraction of sp³-hybridized carbons (Fsp3) is 0.0909. The minimum absolute atomic E-state index is 0.0726. The van der Waals surface area contributed by atoms with Crippen molar-refractivity contribution in [3.8, 4) is 0 Å². The molecule has 3 rings (SSSR count). The third kappa shape index (κ3) is 1.71. The van der Waals surface area contributed by atoms with Gasteiger partial charge >= 0.3 is 6.01 Å². The summed E-state index contributed by atoms with van der Waals surface area (Å²) in [7, 11) is 0. The third-order valence-electron chi connectivity index (χ3n) is 2.40. The molecule has 0 aliphatic carbocycles. The fourth-order valence-corrected chi connectivity index (χ4v) is 1.61. The second-order valence-corrected chi connectivity index (χ2v) is 3.65. The quantitative estimate of drug-likeness (QED) is 0.732. The van der Waals surface area contributed by atoms with Gasteiger partial charge in [0.25, 0.3) is 5.91 Å². The average molecular weight is 243 g/mol. The molecule has 7 heteroatoms. The van der Waals surface area contributed by atoms with E-state index in [9.17, 15) is 4.79 Å². The van der Waals surface area contributed by atoms with Gasteiger partial charge < -0.3 is 4.42 Å². The van der Waals surface area contributed by atoms with Gasteiger partial charge in [-0.25, -0.2) is 4.98 Å². The van der Waals surface area contributed by atoms with Crippen LogP contribution in [0.5, 0.6) is 0 Å². The van der Waals surface area contributed by atoms with Gasteiger partial charge in [0.05, 0.1) is 6.20 Å². The first kappa shape index (κ1) is 10.5. The van der Waals surface area contributed by atoms with Crippen LogP contribution in [0, 0.1) is 6.92 Å². The Balaban J connectivity index is 1.92. The van der Waals surface area contributed by atoms with E-state index in [0.29, 0.717) is 17.2 Å². The zero-order valence-corrected chi connectivity index (χ0v) is 9.49. The number of aromatic nitrogens is 4. The number of pyridine rings is 1. The number of hydrogen-bond acceptors (Lipinski definition) is 5. The number of aryl methyl sites for hydroxylation is 1. The fourth-order valence-electron chi connectivity index (χ4n) is 1.61. The summed E-state index contributed by atoms with van der Waals surface area (Å²) in [4.78, 5) is 16.1. The highest BCUT2D eigenvalue weighted by Gasteiger charge is 2.14. The Morgan fingerprint density at radius 1 is 1.39 bits per heavy atom. The van der Waals surface area contributed by atoms with Gasteiger partial charge in [-0.3, -0.25) is 14.5 Å². The molecule has 0 atom stereocenters. The van der Waals surface area contributed by atoms with E-state index in [2.05, 4.69) is 20.5 Å². The zero-order chi connectivity index (χ0) is 12.5. The minimum Gasteiger partial charge on any atom is -0.408 e. The maximum absolute atomic E-state index is 12.0. The predicted molar refractivity (Wildman–Crippen MR) is 62.2 cm³/mol. The number of nitrogens with one attached hydrogen (secondary N) is 1. The predicted octanol–water partition coefficient (Wildman–Crippen LogP) is 1.28. The standard InChI is InChI=1S/C11H9N5O2/c1-7-14-15-11(18-7)13-10(17)8-6-12-9-4-2-3-5-16(8)9/h2-6H,1H3,(H,13,15,17). The van der Waals surface area contributed by atoms with E-state index >= 15 is 0 Å². The Bertz CT molecular complexity index is 715. The smallest absolute Gasteiger partial charge is 0.322 e. The van der Waals surface area contributed by atoms with E-state index in [1.807, 2.05) is 18.2 Å². The molecule has 0 spiro atoms. The monoisotopic (exact) mass is 243 g/mol. The SMILES string of the molecule is Cc1nnc(NC(=O)c2cnc3ccccn23)o1. The van der Waals surface area contributed by atoms with E-state index < -0.39 is 0 Å². The van der Waals surface area contributed by atoms with E-state index in [0.717, 1.165) is 0 Å². The Labute approximate surface area is 101 Å². The number of hydrogen-bond donors (Lipinski definition) is 1. The summed E-state index contributed by atoms with van der Waals surface area (Å²) in [5.41, 5.74) is 1.10. The normalized spacial score (nSPS) is 10.7. The Morgan fingerprint density at radius 2 is 2.28 bits per heavy atom. The van der Waals surface area contributed by atoms with Crippen molar-refractivity contribution in [3.63, 3.8) is 0 Å². The Hall–Kier alpha value is -2.70. The van der Waals surface area contributed by atoms with Crippen molar-refractivity contribution < 1.29 is 9.21 Å². The van der Waals surface area contributed by atoms with Gasteiger partial charge in [0, 0.05) is 13.1 Å². The molecule has 1 N–H and O–H groups in total. The molecule has 0 unspecified atom stereocenters. The number of rotatable bonds is 2. The molecule has 3 aromatic rings. The van der Waals surface area contributed by atoms with Crippen LogP contribution in [0.1, 0.15) is 16.4 Å². The highest BCUT2D eigenvalue weighted by atomic mass is 16.4. The molecule has 7 nitrogen and oxygen atoms in total. The Morgan fingerprint density at radius 3 is 3.06 bits per heavy atom. The number of carbonyl (C=O) groups is 1. The van der Waals surface area contributed by atoms with Gasteiger partial charge in [-0.1, -0.05) is 11.2 Å². The number of carbonyl (C=O) groups excluding carboxylic acids is 1. The summed E-state index contributed by atoms with van der Waals surface area (Å²) < 4.78 is 6.76. The molecule has 0 radical (unpaired) electrons. The lowest BCUT2D eigenvalue weighted by Gasteiger charge is -2.00. The first-order valence-corrected chi connectivity index (χ1v) is 5.27. The second kappa shape index (κ2) is 3.95. The maximum Gasteiger partial charge on any atom is 0.322 e. The molecule has 0 aliphatic rings. The highest BCUT2D eigenvalue weighted by Crippen LogP contribution is 2.09. The molecule has 3 aromatic heterocycles. The molecule has 0 fully saturated rings. The van der Waals surface area contributed by atoms with Gasteiger partial charge in [-0.05, 0) is 12.1 Å². The summed E-state index contributed by atoms with van der Waals surface area (Å²) >= 11 is 0. The van der Waals surface area contributed by atoms with E-state index in [1.165, 1.54) is 6.20 Å². The topological polar surface area (TPSA) is 85.3 Å². The van der Waals surface area contributed by atoms with E-state index in [1.54, 1.807) is 17.5 Å². The molecule has 0 aromatic carbocycles. The summed E-state index contributed by atoms with van der Waals surface area (Å²) in [5, 5.41) is 9.84. The molecule has 18 heavy (non-hydrogen) atoms. The summed E-state index contributed by atoms with van der Waals surface area (Å²) in [6.07, 6.45) is 3.25.